The Bertz CT molecular complexity index is 1220. The number of nitrogens with one attached hydrogen (secondary N) is 1. The van der Waals surface area contributed by atoms with Crippen LogP contribution < -0.4 is 11.1 Å². The third-order valence-electron chi connectivity index (χ3n) is 5.37. The second-order valence-corrected chi connectivity index (χ2v) is 8.57. The molecule has 1 aliphatic carbocycles. The SMILES string of the molecule is CNC(=O)C1CC=C(F)C=C1c1nc2cc(-c3cnc(N)nc3)ccc2n1C(C)(C)C. The van der Waals surface area contributed by atoms with Crippen LogP contribution in [0.25, 0.3) is 27.7 Å². The molecule has 31 heavy (non-hydrogen) atoms. The van der Waals surface area contributed by atoms with Gasteiger partial charge in [-0.25, -0.2) is 19.3 Å². The summed E-state index contributed by atoms with van der Waals surface area (Å²) in [5.41, 5.74) is 9.17. The highest BCUT2D eigenvalue weighted by atomic mass is 19.1. The topological polar surface area (TPSA) is 98.7 Å². The van der Waals surface area contributed by atoms with E-state index in [9.17, 15) is 9.18 Å². The van der Waals surface area contributed by atoms with Crippen LogP contribution in [0.15, 0.2) is 48.6 Å². The van der Waals surface area contributed by atoms with Crippen LogP contribution in [0.1, 0.15) is 33.0 Å². The number of carbonyl (C=O) groups excluding carboxylic acids is 1. The van der Waals surface area contributed by atoms with Gasteiger partial charge in [-0.3, -0.25) is 4.79 Å². The first-order valence-corrected chi connectivity index (χ1v) is 10.1. The number of hydrogen-bond donors (Lipinski definition) is 2. The minimum atomic E-state index is -0.507. The number of rotatable bonds is 3. The first-order valence-electron chi connectivity index (χ1n) is 10.1. The number of nitrogens with zero attached hydrogens (tertiary/aromatic N) is 4. The summed E-state index contributed by atoms with van der Waals surface area (Å²) in [6.07, 6.45) is 6.47. The summed E-state index contributed by atoms with van der Waals surface area (Å²) in [5, 5.41) is 2.68. The van der Waals surface area contributed by atoms with Gasteiger partial charge in [0, 0.05) is 36.1 Å². The van der Waals surface area contributed by atoms with E-state index in [1.165, 1.54) is 12.2 Å². The van der Waals surface area contributed by atoms with E-state index in [2.05, 4.69) is 40.6 Å². The van der Waals surface area contributed by atoms with Crippen molar-refractivity contribution in [3.8, 4) is 11.1 Å². The molecule has 8 heteroatoms. The fourth-order valence-electron chi connectivity index (χ4n) is 3.93. The van der Waals surface area contributed by atoms with Crippen LogP contribution >= 0.6 is 0 Å². The molecule has 7 nitrogen and oxygen atoms in total. The zero-order valence-electron chi connectivity index (χ0n) is 18.0. The van der Waals surface area contributed by atoms with E-state index >= 15 is 0 Å². The van der Waals surface area contributed by atoms with Crippen molar-refractivity contribution < 1.29 is 9.18 Å². The summed E-state index contributed by atoms with van der Waals surface area (Å²) >= 11 is 0. The van der Waals surface area contributed by atoms with Crippen molar-refractivity contribution in [3.63, 3.8) is 0 Å². The van der Waals surface area contributed by atoms with Crippen molar-refractivity contribution in [2.75, 3.05) is 12.8 Å². The van der Waals surface area contributed by atoms with Crippen molar-refractivity contribution in [1.29, 1.82) is 0 Å². The molecule has 0 radical (unpaired) electrons. The maximum atomic E-state index is 14.3. The van der Waals surface area contributed by atoms with E-state index in [0.717, 1.165) is 22.2 Å². The quantitative estimate of drug-likeness (QED) is 0.671. The van der Waals surface area contributed by atoms with Crippen molar-refractivity contribution in [2.24, 2.45) is 5.92 Å². The number of nitrogen functional groups attached to an aromatic ring is 1. The molecule has 0 saturated heterocycles. The Balaban J connectivity index is 1.93. The summed E-state index contributed by atoms with van der Waals surface area (Å²) in [5.74, 6) is -0.231. The zero-order chi connectivity index (χ0) is 22.3. The fourth-order valence-corrected chi connectivity index (χ4v) is 3.93. The van der Waals surface area contributed by atoms with Crippen LogP contribution in [0, 0.1) is 5.92 Å². The molecule has 1 amide bonds. The second kappa shape index (κ2) is 7.61. The molecule has 1 atom stereocenters. The van der Waals surface area contributed by atoms with Gasteiger partial charge in [-0.2, -0.15) is 0 Å². The lowest BCUT2D eigenvalue weighted by Crippen LogP contribution is -2.31. The molecule has 2 heterocycles. The van der Waals surface area contributed by atoms with Gasteiger partial charge in [-0.1, -0.05) is 6.07 Å². The molecule has 0 spiro atoms. The molecule has 1 aromatic carbocycles. The number of aromatic nitrogens is 4. The first-order chi connectivity index (χ1) is 14.7. The monoisotopic (exact) mass is 420 g/mol. The number of imidazole rings is 1. The van der Waals surface area contributed by atoms with Gasteiger partial charge < -0.3 is 15.6 Å². The zero-order valence-corrected chi connectivity index (χ0v) is 18.0. The summed E-state index contributed by atoms with van der Waals surface area (Å²) in [6, 6.07) is 5.89. The van der Waals surface area contributed by atoms with Gasteiger partial charge in [0.25, 0.3) is 0 Å². The van der Waals surface area contributed by atoms with Crippen LogP contribution in [0.3, 0.4) is 0 Å². The van der Waals surface area contributed by atoms with E-state index in [0.29, 0.717) is 17.8 Å². The summed E-state index contributed by atoms with van der Waals surface area (Å²) in [4.78, 5) is 25.5. The van der Waals surface area contributed by atoms with Crippen LogP contribution in [0.5, 0.6) is 0 Å². The van der Waals surface area contributed by atoms with Gasteiger partial charge in [0.1, 0.15) is 11.7 Å². The van der Waals surface area contributed by atoms with Gasteiger partial charge in [-0.15, -0.1) is 0 Å². The number of hydrogen-bond acceptors (Lipinski definition) is 5. The maximum absolute atomic E-state index is 14.3. The number of benzene rings is 1. The number of amides is 1. The predicted octanol–water partition coefficient (Wildman–Crippen LogP) is 3.83. The van der Waals surface area contributed by atoms with Gasteiger partial charge in [0.05, 0.1) is 17.0 Å². The summed E-state index contributed by atoms with van der Waals surface area (Å²) in [6.45, 7) is 6.18. The van der Waals surface area contributed by atoms with E-state index in [1.54, 1.807) is 19.4 Å². The molecule has 0 saturated carbocycles. The predicted molar refractivity (Wildman–Crippen MR) is 120 cm³/mol. The van der Waals surface area contributed by atoms with E-state index in [1.807, 2.05) is 18.2 Å². The molecule has 3 aromatic rings. The highest BCUT2D eigenvalue weighted by Gasteiger charge is 2.32. The Kier molecular flexibility index (Phi) is 5.08. The van der Waals surface area contributed by atoms with Crippen molar-refractivity contribution in [2.45, 2.75) is 32.7 Å². The molecule has 0 fully saturated rings. The fraction of sp³-hybridized carbons (Fsp3) is 0.304. The minimum Gasteiger partial charge on any atom is -0.368 e. The molecule has 1 aliphatic rings. The highest BCUT2D eigenvalue weighted by molar-refractivity contribution is 5.94. The molecule has 2 aromatic heterocycles. The molecule has 160 valence electrons. The number of halogens is 1. The van der Waals surface area contributed by atoms with Crippen molar-refractivity contribution >= 4 is 28.5 Å². The molecule has 0 bridgehead atoms. The number of carbonyl (C=O) groups is 1. The van der Waals surface area contributed by atoms with Crippen LogP contribution in [-0.4, -0.2) is 32.5 Å². The Morgan fingerprint density at radius 1 is 1.23 bits per heavy atom. The number of allylic oxidation sites excluding steroid dienone is 3. The Labute approximate surface area is 179 Å². The van der Waals surface area contributed by atoms with E-state index in [4.69, 9.17) is 10.7 Å². The minimum absolute atomic E-state index is 0.165. The molecule has 3 N–H and O–H groups in total. The first kappa shape index (κ1) is 20.7. The third kappa shape index (κ3) is 3.81. The lowest BCUT2D eigenvalue weighted by Gasteiger charge is -2.28. The maximum Gasteiger partial charge on any atom is 0.227 e. The number of anilines is 1. The Hall–Kier alpha value is -3.55. The van der Waals surface area contributed by atoms with Gasteiger partial charge in [-0.05, 0) is 57.0 Å². The number of fused-ring (bicyclic) bond motifs is 1. The van der Waals surface area contributed by atoms with Crippen LogP contribution in [0.2, 0.25) is 0 Å². The average Bonchev–Trinajstić information content (AvgIpc) is 3.12. The molecule has 0 aliphatic heterocycles. The highest BCUT2D eigenvalue weighted by Crippen LogP contribution is 2.37. The standard InChI is InChI=1S/C23H25FN6O/c1-23(2,3)30-19-8-5-13(14-11-27-22(25)28-12-14)9-18(19)29-20(30)17-10-15(24)6-7-16(17)21(31)26-4/h5-6,8-12,16H,7H2,1-4H3,(H,26,31)(H2,25,27,28). The lowest BCUT2D eigenvalue weighted by molar-refractivity contribution is -0.122. The molecular weight excluding hydrogens is 395 g/mol. The largest absolute Gasteiger partial charge is 0.368 e. The number of nitrogens with two attached hydrogens (primary N) is 1. The Morgan fingerprint density at radius 3 is 2.58 bits per heavy atom. The molecular formula is C23H25FN6O. The van der Waals surface area contributed by atoms with E-state index in [-0.39, 0.29) is 23.2 Å². The third-order valence-corrected chi connectivity index (χ3v) is 5.37. The lowest BCUT2D eigenvalue weighted by atomic mass is 9.89. The van der Waals surface area contributed by atoms with Gasteiger partial charge >= 0.3 is 0 Å². The van der Waals surface area contributed by atoms with Crippen LogP contribution in [-0.2, 0) is 10.3 Å². The second-order valence-electron chi connectivity index (χ2n) is 8.57. The van der Waals surface area contributed by atoms with Gasteiger partial charge in [0.2, 0.25) is 11.9 Å². The van der Waals surface area contributed by atoms with Crippen molar-refractivity contribution in [1.82, 2.24) is 24.8 Å². The molecule has 4 rings (SSSR count). The average molecular weight is 420 g/mol. The summed E-state index contributed by atoms with van der Waals surface area (Å²) < 4.78 is 16.3. The summed E-state index contributed by atoms with van der Waals surface area (Å²) in [7, 11) is 1.59. The normalized spacial score (nSPS) is 16.7. The Morgan fingerprint density at radius 2 is 1.94 bits per heavy atom. The van der Waals surface area contributed by atoms with Gasteiger partial charge in [0.15, 0.2) is 0 Å². The van der Waals surface area contributed by atoms with Crippen LogP contribution in [0.4, 0.5) is 10.3 Å². The van der Waals surface area contributed by atoms with E-state index < -0.39 is 5.92 Å². The van der Waals surface area contributed by atoms with Crippen molar-refractivity contribution in [3.05, 3.63) is 54.4 Å². The molecule has 1 unspecified atom stereocenters. The smallest absolute Gasteiger partial charge is 0.227 e.